The molecule has 1 aromatic rings. The van der Waals surface area contributed by atoms with Crippen LogP contribution in [0.4, 0.5) is 18.9 Å². The maximum Gasteiger partial charge on any atom is 0.433 e. The van der Waals surface area contributed by atoms with Gasteiger partial charge in [0.05, 0.1) is 12.3 Å². The molecule has 156 valence electrons. The third kappa shape index (κ3) is 5.30. The smallest absolute Gasteiger partial charge is 0.433 e. The van der Waals surface area contributed by atoms with E-state index in [0.717, 1.165) is 17.2 Å². The van der Waals surface area contributed by atoms with E-state index in [2.05, 4.69) is 10.3 Å². The van der Waals surface area contributed by atoms with Crippen LogP contribution in [0.2, 0.25) is 0 Å². The normalized spacial score (nSPS) is 20.1. The van der Waals surface area contributed by atoms with E-state index in [9.17, 15) is 13.2 Å². The molecule has 0 aromatic heterocycles. The highest BCUT2D eigenvalue weighted by Crippen LogP contribution is 2.38. The Bertz CT molecular complexity index is 730. The molecule has 2 rings (SSSR count). The van der Waals surface area contributed by atoms with Crippen LogP contribution in [-0.2, 0) is 4.74 Å². The van der Waals surface area contributed by atoms with Gasteiger partial charge in [-0.05, 0) is 34.5 Å². The maximum atomic E-state index is 13.8. The van der Waals surface area contributed by atoms with E-state index in [1.165, 1.54) is 0 Å². The molecule has 1 aromatic carbocycles. The van der Waals surface area contributed by atoms with Crippen LogP contribution in [0.15, 0.2) is 35.2 Å². The van der Waals surface area contributed by atoms with Crippen LogP contribution in [-0.4, -0.2) is 24.5 Å². The molecule has 0 unspecified atom stereocenters. The standard InChI is InChI=1S/C22H30F3N2O/c1-13(2)15-9-8-10-16(14(3)4)20(15)27-17(22(23,24)25)11-19-26-18(12-28-19)21(5,6)7/h8-11,13-14,18H,12H2,1-7H3/q-1/b19-11+,27-17?/t18-/m1/s1. The number of para-hydroxylation sites is 1. The summed E-state index contributed by atoms with van der Waals surface area (Å²) in [7, 11) is 0. The lowest BCUT2D eigenvalue weighted by molar-refractivity contribution is -0.0577. The molecule has 0 N–H and O–H groups in total. The Morgan fingerprint density at radius 2 is 1.64 bits per heavy atom. The van der Waals surface area contributed by atoms with Gasteiger partial charge in [0.15, 0.2) is 0 Å². The molecule has 1 fully saturated rings. The quantitative estimate of drug-likeness (QED) is 0.495. The number of hydrogen-bond acceptors (Lipinski definition) is 2. The van der Waals surface area contributed by atoms with Gasteiger partial charge in [-0.3, -0.25) is 0 Å². The number of halogens is 3. The zero-order chi connectivity index (χ0) is 21.3. The Morgan fingerprint density at radius 3 is 2.04 bits per heavy atom. The monoisotopic (exact) mass is 395 g/mol. The summed E-state index contributed by atoms with van der Waals surface area (Å²) in [5.74, 6) is 0.0960. The van der Waals surface area contributed by atoms with Gasteiger partial charge in [-0.2, -0.15) is 13.2 Å². The minimum absolute atomic E-state index is 0.0101. The van der Waals surface area contributed by atoms with Crippen molar-refractivity contribution in [3.8, 4) is 0 Å². The van der Waals surface area contributed by atoms with Crippen molar-refractivity contribution in [2.24, 2.45) is 10.4 Å². The SMILES string of the molecule is CC(C)c1cccc(C(C)C)c1N=C(/C=C1\[N-][C@@H](C(C)(C)C)CO1)C(F)(F)F. The summed E-state index contributed by atoms with van der Waals surface area (Å²) in [6, 6.07) is 5.37. The minimum atomic E-state index is -4.61. The fourth-order valence-corrected chi connectivity index (χ4v) is 2.97. The number of benzene rings is 1. The first-order chi connectivity index (χ1) is 12.8. The minimum Gasteiger partial charge on any atom is -0.648 e. The van der Waals surface area contributed by atoms with Gasteiger partial charge in [0.2, 0.25) is 0 Å². The fourth-order valence-electron chi connectivity index (χ4n) is 2.97. The molecule has 0 radical (unpaired) electrons. The van der Waals surface area contributed by atoms with Crippen LogP contribution in [0, 0.1) is 5.41 Å². The van der Waals surface area contributed by atoms with Gasteiger partial charge < -0.3 is 10.1 Å². The molecule has 28 heavy (non-hydrogen) atoms. The lowest BCUT2D eigenvalue weighted by Crippen LogP contribution is -2.25. The van der Waals surface area contributed by atoms with Crippen LogP contribution >= 0.6 is 0 Å². The summed E-state index contributed by atoms with van der Waals surface area (Å²) in [5, 5.41) is 4.33. The molecular formula is C22H30F3N2O-. The summed E-state index contributed by atoms with van der Waals surface area (Å²) >= 11 is 0. The first-order valence-electron chi connectivity index (χ1n) is 9.64. The van der Waals surface area contributed by atoms with Gasteiger partial charge in [-0.25, -0.2) is 4.99 Å². The third-order valence-corrected chi connectivity index (χ3v) is 4.80. The molecule has 1 aliphatic heterocycles. The van der Waals surface area contributed by atoms with Gasteiger partial charge in [0, 0.05) is 5.88 Å². The molecule has 1 heterocycles. The maximum absolute atomic E-state index is 13.8. The first kappa shape index (κ1) is 22.3. The Kier molecular flexibility index (Phi) is 6.51. The molecule has 1 aliphatic rings. The number of ether oxygens (including phenoxy) is 1. The molecule has 0 aliphatic carbocycles. The van der Waals surface area contributed by atoms with Crippen molar-refractivity contribution in [3.63, 3.8) is 0 Å². The molecule has 0 amide bonds. The highest BCUT2D eigenvalue weighted by Gasteiger charge is 2.35. The van der Waals surface area contributed by atoms with Gasteiger partial charge in [0.1, 0.15) is 5.71 Å². The molecule has 1 atom stereocenters. The molecule has 0 bridgehead atoms. The topological polar surface area (TPSA) is 35.7 Å². The van der Waals surface area contributed by atoms with E-state index < -0.39 is 11.9 Å². The lowest BCUT2D eigenvalue weighted by Gasteiger charge is -2.34. The van der Waals surface area contributed by atoms with Crippen molar-refractivity contribution in [1.29, 1.82) is 0 Å². The van der Waals surface area contributed by atoms with Crippen LogP contribution in [0.3, 0.4) is 0 Å². The second kappa shape index (κ2) is 8.18. The van der Waals surface area contributed by atoms with Crippen LogP contribution in [0.5, 0.6) is 0 Å². The average molecular weight is 395 g/mol. The second-order valence-electron chi connectivity index (χ2n) is 8.89. The molecular weight excluding hydrogens is 365 g/mol. The number of nitrogens with zero attached hydrogens (tertiary/aromatic N) is 2. The predicted molar refractivity (Wildman–Crippen MR) is 108 cm³/mol. The highest BCUT2D eigenvalue weighted by molar-refractivity contribution is 6.02. The summed E-state index contributed by atoms with van der Waals surface area (Å²) < 4.78 is 46.8. The molecule has 1 saturated heterocycles. The largest absolute Gasteiger partial charge is 0.648 e. The van der Waals surface area contributed by atoms with Crippen LogP contribution < -0.4 is 0 Å². The Morgan fingerprint density at radius 1 is 1.11 bits per heavy atom. The van der Waals surface area contributed by atoms with Crippen LogP contribution in [0.25, 0.3) is 5.32 Å². The van der Waals surface area contributed by atoms with Crippen molar-refractivity contribution in [2.75, 3.05) is 6.61 Å². The number of aliphatic imine (C=N–C) groups is 1. The van der Waals surface area contributed by atoms with Gasteiger partial charge in [-0.15, -0.1) is 0 Å². The summed E-state index contributed by atoms with van der Waals surface area (Å²) in [6.45, 7) is 14.0. The van der Waals surface area contributed by atoms with E-state index >= 15 is 0 Å². The van der Waals surface area contributed by atoms with Crippen molar-refractivity contribution in [3.05, 3.63) is 46.6 Å². The molecule has 0 saturated carbocycles. The summed E-state index contributed by atoms with van der Waals surface area (Å²) in [5.41, 5.74) is 0.810. The number of alkyl halides is 3. The number of hydrogen-bond donors (Lipinski definition) is 0. The van der Waals surface area contributed by atoms with E-state index in [1.54, 1.807) is 0 Å². The predicted octanol–water partition coefficient (Wildman–Crippen LogP) is 7.23. The van der Waals surface area contributed by atoms with Gasteiger partial charge in [0.25, 0.3) is 0 Å². The average Bonchev–Trinajstić information content (AvgIpc) is 3.02. The van der Waals surface area contributed by atoms with E-state index in [4.69, 9.17) is 4.74 Å². The van der Waals surface area contributed by atoms with Crippen molar-refractivity contribution in [1.82, 2.24) is 0 Å². The van der Waals surface area contributed by atoms with Crippen molar-refractivity contribution >= 4 is 11.4 Å². The zero-order valence-corrected chi connectivity index (χ0v) is 17.7. The fraction of sp³-hybridized carbons (Fsp3) is 0.591. The molecule has 3 nitrogen and oxygen atoms in total. The summed E-state index contributed by atoms with van der Waals surface area (Å²) in [6.07, 6.45) is -3.68. The number of allylic oxidation sites excluding steroid dienone is 1. The third-order valence-electron chi connectivity index (χ3n) is 4.80. The first-order valence-corrected chi connectivity index (χ1v) is 9.64. The molecule has 6 heteroatoms. The Balaban J connectivity index is 2.54. The van der Waals surface area contributed by atoms with Gasteiger partial charge in [-0.1, -0.05) is 72.7 Å². The van der Waals surface area contributed by atoms with E-state index in [0.29, 0.717) is 5.69 Å². The summed E-state index contributed by atoms with van der Waals surface area (Å²) in [4.78, 5) is 4.10. The van der Waals surface area contributed by atoms with Crippen LogP contribution in [0.1, 0.15) is 71.4 Å². The van der Waals surface area contributed by atoms with Gasteiger partial charge >= 0.3 is 6.18 Å². The molecule has 0 spiro atoms. The lowest BCUT2D eigenvalue weighted by atomic mass is 9.88. The second-order valence-corrected chi connectivity index (χ2v) is 8.89. The van der Waals surface area contributed by atoms with Crippen molar-refractivity contribution < 1.29 is 17.9 Å². The Labute approximate surface area is 166 Å². The van der Waals surface area contributed by atoms with Crippen molar-refractivity contribution in [2.45, 2.75) is 72.5 Å². The Hall–Kier alpha value is -1.98. The highest BCUT2D eigenvalue weighted by atomic mass is 19.4. The zero-order valence-electron chi connectivity index (χ0n) is 17.7. The van der Waals surface area contributed by atoms with E-state index in [1.807, 2.05) is 66.7 Å². The number of rotatable bonds is 4. The van der Waals surface area contributed by atoms with E-state index in [-0.39, 0.29) is 35.8 Å².